The third kappa shape index (κ3) is 3.13. The molecule has 1 aliphatic rings. The van der Waals surface area contributed by atoms with Crippen molar-refractivity contribution in [3.8, 4) is 0 Å². The zero-order valence-electron chi connectivity index (χ0n) is 16.1. The van der Waals surface area contributed by atoms with Gasteiger partial charge in [0.15, 0.2) is 0 Å². The van der Waals surface area contributed by atoms with E-state index in [1.807, 2.05) is 11.8 Å². The van der Waals surface area contributed by atoms with Crippen LogP contribution in [0.5, 0.6) is 0 Å². The highest BCUT2D eigenvalue weighted by Crippen LogP contribution is 2.27. The van der Waals surface area contributed by atoms with Gasteiger partial charge in [-0.15, -0.1) is 0 Å². The summed E-state index contributed by atoms with van der Waals surface area (Å²) < 4.78 is 21.2. The Bertz CT molecular complexity index is 1100. The number of pyridine rings is 1. The summed E-state index contributed by atoms with van der Waals surface area (Å²) in [6, 6.07) is 8.16. The van der Waals surface area contributed by atoms with Gasteiger partial charge < -0.3 is 13.9 Å². The Balaban J connectivity index is 1.80. The van der Waals surface area contributed by atoms with Gasteiger partial charge in [-0.3, -0.25) is 9.59 Å². The molecule has 3 aromatic rings. The largest absolute Gasteiger partial charge is 0.460 e. The van der Waals surface area contributed by atoms with Gasteiger partial charge in [0.05, 0.1) is 17.5 Å². The standard InChI is InChI=1S/C22H23FN2O3/c1-14-7-5-6-11-25(14)22(27)19-15(2)28-18-10-12-24(21(26)20(18)19)13-16-8-3-4-9-17(16)23/h3-4,8-10,12,14H,5-7,11,13H2,1-2H3/t14-/m0/s1. The quantitative estimate of drug-likeness (QED) is 0.685. The van der Waals surface area contributed by atoms with E-state index in [0.717, 1.165) is 19.3 Å². The van der Waals surface area contributed by atoms with Crippen molar-refractivity contribution in [2.24, 2.45) is 0 Å². The van der Waals surface area contributed by atoms with E-state index in [1.54, 1.807) is 37.4 Å². The molecule has 6 heteroatoms. The van der Waals surface area contributed by atoms with E-state index in [-0.39, 0.29) is 35.3 Å². The fraction of sp³-hybridized carbons (Fsp3) is 0.364. The molecule has 0 radical (unpaired) electrons. The number of rotatable bonds is 3. The lowest BCUT2D eigenvalue weighted by Gasteiger charge is -2.33. The number of benzene rings is 1. The third-order valence-corrected chi connectivity index (χ3v) is 5.57. The highest BCUT2D eigenvalue weighted by atomic mass is 19.1. The molecule has 1 saturated heterocycles. The summed E-state index contributed by atoms with van der Waals surface area (Å²) in [7, 11) is 0. The van der Waals surface area contributed by atoms with Crippen LogP contribution in [0.25, 0.3) is 11.0 Å². The van der Waals surface area contributed by atoms with Crippen LogP contribution in [0, 0.1) is 12.7 Å². The lowest BCUT2D eigenvalue weighted by Crippen LogP contribution is -2.42. The Labute approximate surface area is 162 Å². The lowest BCUT2D eigenvalue weighted by atomic mass is 10.0. The van der Waals surface area contributed by atoms with Crippen LogP contribution in [0.3, 0.4) is 0 Å². The number of carbonyl (C=O) groups is 1. The van der Waals surface area contributed by atoms with Crippen LogP contribution in [0.4, 0.5) is 4.39 Å². The minimum Gasteiger partial charge on any atom is -0.460 e. The maximum absolute atomic E-state index is 14.0. The second-order valence-electron chi connectivity index (χ2n) is 7.46. The lowest BCUT2D eigenvalue weighted by molar-refractivity contribution is 0.0635. The van der Waals surface area contributed by atoms with Crippen molar-refractivity contribution < 1.29 is 13.6 Å². The molecule has 0 N–H and O–H groups in total. The van der Waals surface area contributed by atoms with Crippen LogP contribution in [0.2, 0.25) is 0 Å². The van der Waals surface area contributed by atoms with Gasteiger partial charge in [-0.25, -0.2) is 4.39 Å². The van der Waals surface area contributed by atoms with E-state index < -0.39 is 0 Å². The zero-order valence-corrected chi connectivity index (χ0v) is 16.1. The molecule has 3 heterocycles. The first kappa shape index (κ1) is 18.5. The minimum absolute atomic E-state index is 0.0966. The predicted octanol–water partition coefficient (Wildman–Crippen LogP) is 4.10. The molecular formula is C22H23FN2O3. The van der Waals surface area contributed by atoms with Gasteiger partial charge in [0.25, 0.3) is 11.5 Å². The molecule has 0 unspecified atom stereocenters. The van der Waals surface area contributed by atoms with E-state index in [9.17, 15) is 14.0 Å². The third-order valence-electron chi connectivity index (χ3n) is 5.57. The number of carbonyl (C=O) groups excluding carboxylic acids is 1. The maximum atomic E-state index is 14.0. The molecule has 28 heavy (non-hydrogen) atoms. The molecular weight excluding hydrogens is 359 g/mol. The van der Waals surface area contributed by atoms with Crippen molar-refractivity contribution in [2.45, 2.75) is 45.7 Å². The average molecular weight is 382 g/mol. The molecule has 1 aromatic carbocycles. The van der Waals surface area contributed by atoms with Crippen molar-refractivity contribution >= 4 is 16.9 Å². The predicted molar refractivity (Wildman–Crippen MR) is 105 cm³/mol. The number of nitrogens with zero attached hydrogens (tertiary/aromatic N) is 2. The molecule has 0 spiro atoms. The second kappa shape index (κ2) is 7.26. The topological polar surface area (TPSA) is 55.5 Å². The summed E-state index contributed by atoms with van der Waals surface area (Å²) in [5.74, 6) is -0.0842. The summed E-state index contributed by atoms with van der Waals surface area (Å²) in [5, 5.41) is 0.277. The van der Waals surface area contributed by atoms with Crippen LogP contribution < -0.4 is 5.56 Å². The zero-order chi connectivity index (χ0) is 19.8. The summed E-state index contributed by atoms with van der Waals surface area (Å²) in [4.78, 5) is 28.2. The van der Waals surface area contributed by atoms with Crippen LogP contribution in [-0.4, -0.2) is 28.0 Å². The molecule has 0 saturated carbocycles. The first-order valence-corrected chi connectivity index (χ1v) is 9.64. The number of halogens is 1. The van der Waals surface area contributed by atoms with Gasteiger partial charge in [0, 0.05) is 24.3 Å². The number of hydrogen-bond donors (Lipinski definition) is 0. The van der Waals surface area contributed by atoms with Gasteiger partial charge in [-0.2, -0.15) is 0 Å². The minimum atomic E-state index is -0.365. The first-order chi connectivity index (χ1) is 13.5. The normalized spacial score (nSPS) is 17.2. The Morgan fingerprint density at radius 1 is 1.25 bits per heavy atom. The molecule has 1 amide bonds. The molecule has 0 bridgehead atoms. The Morgan fingerprint density at radius 2 is 2.04 bits per heavy atom. The Morgan fingerprint density at radius 3 is 2.79 bits per heavy atom. The molecule has 1 fully saturated rings. The van der Waals surface area contributed by atoms with Crippen molar-refractivity contribution in [1.82, 2.24) is 9.47 Å². The number of amides is 1. The van der Waals surface area contributed by atoms with E-state index in [2.05, 4.69) is 0 Å². The van der Waals surface area contributed by atoms with Crippen molar-refractivity contribution in [1.29, 1.82) is 0 Å². The van der Waals surface area contributed by atoms with E-state index in [0.29, 0.717) is 29.0 Å². The number of likely N-dealkylation sites (tertiary alicyclic amines) is 1. The van der Waals surface area contributed by atoms with Crippen molar-refractivity contribution in [3.63, 3.8) is 0 Å². The number of fused-ring (bicyclic) bond motifs is 1. The Hall–Kier alpha value is -2.89. The van der Waals surface area contributed by atoms with Gasteiger partial charge >= 0.3 is 0 Å². The average Bonchev–Trinajstić information content (AvgIpc) is 3.02. The molecule has 1 atom stereocenters. The molecule has 1 aliphatic heterocycles. The first-order valence-electron chi connectivity index (χ1n) is 9.64. The summed E-state index contributed by atoms with van der Waals surface area (Å²) in [6.07, 6.45) is 4.60. The SMILES string of the molecule is Cc1oc2ccn(Cc3ccccc3F)c(=O)c2c1C(=O)N1CCCC[C@@H]1C. The van der Waals surface area contributed by atoms with Crippen LogP contribution >= 0.6 is 0 Å². The van der Waals surface area contributed by atoms with E-state index in [1.165, 1.54) is 10.6 Å². The maximum Gasteiger partial charge on any atom is 0.262 e. The van der Waals surface area contributed by atoms with Crippen molar-refractivity contribution in [2.75, 3.05) is 6.54 Å². The van der Waals surface area contributed by atoms with Crippen LogP contribution in [0.1, 0.15) is 47.9 Å². The molecule has 4 rings (SSSR count). The number of aromatic nitrogens is 1. The van der Waals surface area contributed by atoms with Crippen LogP contribution in [0.15, 0.2) is 45.7 Å². The van der Waals surface area contributed by atoms with Gasteiger partial charge in [-0.05, 0) is 45.2 Å². The fourth-order valence-electron chi connectivity index (χ4n) is 4.00. The van der Waals surface area contributed by atoms with Gasteiger partial charge in [0.2, 0.25) is 0 Å². The molecule has 0 aliphatic carbocycles. The second-order valence-corrected chi connectivity index (χ2v) is 7.46. The van der Waals surface area contributed by atoms with Gasteiger partial charge in [0.1, 0.15) is 17.2 Å². The highest BCUT2D eigenvalue weighted by Gasteiger charge is 2.30. The number of hydrogen-bond acceptors (Lipinski definition) is 3. The summed E-state index contributed by atoms with van der Waals surface area (Å²) >= 11 is 0. The van der Waals surface area contributed by atoms with Gasteiger partial charge in [-0.1, -0.05) is 18.2 Å². The molecule has 146 valence electrons. The molecule has 5 nitrogen and oxygen atoms in total. The number of piperidine rings is 1. The summed E-state index contributed by atoms with van der Waals surface area (Å²) in [5.41, 5.74) is 0.796. The Kier molecular flexibility index (Phi) is 4.79. The highest BCUT2D eigenvalue weighted by molar-refractivity contribution is 6.07. The summed E-state index contributed by atoms with van der Waals surface area (Å²) in [6.45, 7) is 4.52. The number of aryl methyl sites for hydroxylation is 1. The smallest absolute Gasteiger partial charge is 0.262 e. The van der Waals surface area contributed by atoms with Crippen LogP contribution in [-0.2, 0) is 6.54 Å². The van der Waals surface area contributed by atoms with Crippen molar-refractivity contribution in [3.05, 3.63) is 69.6 Å². The van der Waals surface area contributed by atoms with E-state index >= 15 is 0 Å². The molecule has 2 aromatic heterocycles. The number of furan rings is 1. The fourth-order valence-corrected chi connectivity index (χ4v) is 4.00. The van der Waals surface area contributed by atoms with E-state index in [4.69, 9.17) is 4.42 Å². The monoisotopic (exact) mass is 382 g/mol.